The Balaban J connectivity index is 2.66. The monoisotopic (exact) mass is 228 g/mol. The molecule has 74 valence electrons. The molecule has 0 unspecified atom stereocenters. The van der Waals surface area contributed by atoms with E-state index >= 15 is 0 Å². The number of hydrogen-bond acceptors (Lipinski definition) is 3. The van der Waals surface area contributed by atoms with Crippen LogP contribution in [0.2, 0.25) is 5.02 Å². The third-order valence-corrected chi connectivity index (χ3v) is 2.95. The van der Waals surface area contributed by atoms with E-state index in [1.165, 1.54) is 11.3 Å². The van der Waals surface area contributed by atoms with Gasteiger partial charge in [-0.15, -0.1) is 0 Å². The standard InChI is InChI=1S/C10H9ClO2S/c1-2-13-8-3-6(11)4-9-7(8)5-10(12)14-9/h3-5,12H,2H2,1H3. The van der Waals surface area contributed by atoms with Crippen LogP contribution in [0.1, 0.15) is 6.92 Å². The van der Waals surface area contributed by atoms with Crippen LogP contribution in [0.15, 0.2) is 18.2 Å². The molecule has 0 saturated carbocycles. The molecule has 0 amide bonds. The van der Waals surface area contributed by atoms with Gasteiger partial charge in [-0.2, -0.15) is 0 Å². The molecule has 2 nitrogen and oxygen atoms in total. The van der Waals surface area contributed by atoms with Gasteiger partial charge in [0.05, 0.1) is 6.61 Å². The van der Waals surface area contributed by atoms with Crippen molar-refractivity contribution >= 4 is 33.0 Å². The first-order valence-corrected chi connectivity index (χ1v) is 5.45. The minimum absolute atomic E-state index is 0.281. The molecule has 0 aliphatic carbocycles. The van der Waals surface area contributed by atoms with Crippen LogP contribution in [0, 0.1) is 0 Å². The summed E-state index contributed by atoms with van der Waals surface area (Å²) in [4.78, 5) is 0. The second kappa shape index (κ2) is 3.67. The van der Waals surface area contributed by atoms with Crippen LogP contribution in [0.4, 0.5) is 0 Å². The number of thiophene rings is 1. The van der Waals surface area contributed by atoms with Gasteiger partial charge < -0.3 is 9.84 Å². The minimum Gasteiger partial charge on any atom is -0.499 e. The summed E-state index contributed by atoms with van der Waals surface area (Å²) in [5, 5.41) is 11.2. The number of aromatic hydroxyl groups is 1. The van der Waals surface area contributed by atoms with Crippen molar-refractivity contribution in [1.29, 1.82) is 0 Å². The van der Waals surface area contributed by atoms with Gasteiger partial charge in [-0.1, -0.05) is 22.9 Å². The summed E-state index contributed by atoms with van der Waals surface area (Å²) < 4.78 is 6.37. The Morgan fingerprint density at radius 1 is 1.43 bits per heavy atom. The number of benzene rings is 1. The third kappa shape index (κ3) is 1.65. The smallest absolute Gasteiger partial charge is 0.172 e. The van der Waals surface area contributed by atoms with Crippen LogP contribution in [-0.4, -0.2) is 11.7 Å². The minimum atomic E-state index is 0.281. The van der Waals surface area contributed by atoms with Gasteiger partial charge in [-0.05, 0) is 19.1 Å². The van der Waals surface area contributed by atoms with Gasteiger partial charge >= 0.3 is 0 Å². The van der Waals surface area contributed by atoms with Crippen molar-refractivity contribution in [2.45, 2.75) is 6.92 Å². The van der Waals surface area contributed by atoms with Gasteiger partial charge in [0.2, 0.25) is 0 Å². The molecule has 0 saturated heterocycles. The van der Waals surface area contributed by atoms with Crippen molar-refractivity contribution in [3.8, 4) is 10.8 Å². The fourth-order valence-corrected chi connectivity index (χ4v) is 2.47. The van der Waals surface area contributed by atoms with E-state index in [4.69, 9.17) is 16.3 Å². The van der Waals surface area contributed by atoms with E-state index in [2.05, 4.69) is 0 Å². The summed E-state index contributed by atoms with van der Waals surface area (Å²) in [6.45, 7) is 2.50. The van der Waals surface area contributed by atoms with Crippen LogP contribution >= 0.6 is 22.9 Å². The molecule has 1 aromatic carbocycles. The Bertz CT molecular complexity index is 464. The Kier molecular flexibility index (Phi) is 2.52. The molecule has 0 aliphatic rings. The first-order valence-electron chi connectivity index (χ1n) is 4.25. The maximum atomic E-state index is 9.36. The van der Waals surface area contributed by atoms with Crippen molar-refractivity contribution in [1.82, 2.24) is 0 Å². The highest BCUT2D eigenvalue weighted by Crippen LogP contribution is 2.38. The fraction of sp³-hybridized carbons (Fsp3) is 0.200. The van der Waals surface area contributed by atoms with Crippen LogP contribution in [0.25, 0.3) is 10.1 Å². The lowest BCUT2D eigenvalue weighted by Crippen LogP contribution is -1.91. The second-order valence-corrected chi connectivity index (χ2v) is 4.33. The predicted octanol–water partition coefficient (Wildman–Crippen LogP) is 3.66. The molecule has 0 bridgehead atoms. The van der Waals surface area contributed by atoms with E-state index in [1.54, 1.807) is 12.1 Å². The number of halogens is 1. The van der Waals surface area contributed by atoms with E-state index in [0.29, 0.717) is 11.6 Å². The molecule has 0 aliphatic heterocycles. The molecule has 1 heterocycles. The van der Waals surface area contributed by atoms with E-state index in [1.807, 2.05) is 13.0 Å². The van der Waals surface area contributed by atoms with E-state index in [0.717, 1.165) is 15.8 Å². The zero-order chi connectivity index (χ0) is 10.1. The van der Waals surface area contributed by atoms with Crippen LogP contribution in [0.3, 0.4) is 0 Å². The number of ether oxygens (including phenoxy) is 1. The average molecular weight is 229 g/mol. The number of fused-ring (bicyclic) bond motifs is 1. The van der Waals surface area contributed by atoms with Gasteiger partial charge in [-0.3, -0.25) is 0 Å². The van der Waals surface area contributed by atoms with Gasteiger partial charge in [0.15, 0.2) is 5.06 Å². The van der Waals surface area contributed by atoms with Crippen molar-refractivity contribution in [3.05, 3.63) is 23.2 Å². The molecule has 1 N–H and O–H groups in total. The molecule has 0 atom stereocenters. The highest BCUT2D eigenvalue weighted by molar-refractivity contribution is 7.20. The van der Waals surface area contributed by atoms with Crippen molar-refractivity contribution in [2.75, 3.05) is 6.61 Å². The zero-order valence-electron chi connectivity index (χ0n) is 7.58. The topological polar surface area (TPSA) is 29.5 Å². The summed E-state index contributed by atoms with van der Waals surface area (Å²) in [5.74, 6) is 0.728. The number of rotatable bonds is 2. The Morgan fingerprint density at radius 3 is 2.93 bits per heavy atom. The molecule has 0 fully saturated rings. The first-order chi connectivity index (χ1) is 6.70. The summed E-state index contributed by atoms with van der Waals surface area (Å²) in [7, 11) is 0. The molecular weight excluding hydrogens is 220 g/mol. The second-order valence-electron chi connectivity index (χ2n) is 2.83. The Hall–Kier alpha value is -0.930. The largest absolute Gasteiger partial charge is 0.499 e. The van der Waals surface area contributed by atoms with Gasteiger partial charge in [0.1, 0.15) is 5.75 Å². The van der Waals surface area contributed by atoms with Crippen LogP contribution in [0.5, 0.6) is 10.8 Å². The highest BCUT2D eigenvalue weighted by Gasteiger charge is 2.08. The summed E-state index contributed by atoms with van der Waals surface area (Å²) in [6.07, 6.45) is 0. The van der Waals surface area contributed by atoms with Gasteiger partial charge in [-0.25, -0.2) is 0 Å². The third-order valence-electron chi connectivity index (χ3n) is 1.85. The van der Waals surface area contributed by atoms with E-state index < -0.39 is 0 Å². The van der Waals surface area contributed by atoms with Crippen molar-refractivity contribution < 1.29 is 9.84 Å². The van der Waals surface area contributed by atoms with Crippen molar-refractivity contribution in [3.63, 3.8) is 0 Å². The molecule has 2 rings (SSSR count). The van der Waals surface area contributed by atoms with Gasteiger partial charge in [0, 0.05) is 21.2 Å². The Morgan fingerprint density at radius 2 is 2.21 bits per heavy atom. The fourth-order valence-electron chi connectivity index (χ4n) is 1.34. The normalized spacial score (nSPS) is 10.7. The summed E-state index contributed by atoms with van der Waals surface area (Å²) in [6, 6.07) is 5.28. The maximum absolute atomic E-state index is 9.36. The van der Waals surface area contributed by atoms with Crippen LogP contribution in [-0.2, 0) is 0 Å². The molecule has 0 radical (unpaired) electrons. The van der Waals surface area contributed by atoms with E-state index in [9.17, 15) is 5.11 Å². The van der Waals surface area contributed by atoms with Gasteiger partial charge in [0.25, 0.3) is 0 Å². The average Bonchev–Trinajstić information content (AvgIpc) is 2.45. The highest BCUT2D eigenvalue weighted by atomic mass is 35.5. The molecular formula is C10H9ClO2S. The zero-order valence-corrected chi connectivity index (χ0v) is 9.15. The van der Waals surface area contributed by atoms with Crippen molar-refractivity contribution in [2.24, 2.45) is 0 Å². The molecule has 4 heteroatoms. The molecule has 0 spiro atoms. The Labute approximate surface area is 90.7 Å². The number of hydrogen-bond donors (Lipinski definition) is 1. The molecule has 14 heavy (non-hydrogen) atoms. The van der Waals surface area contributed by atoms with E-state index in [-0.39, 0.29) is 5.06 Å². The maximum Gasteiger partial charge on any atom is 0.172 e. The summed E-state index contributed by atoms with van der Waals surface area (Å²) >= 11 is 7.21. The quantitative estimate of drug-likeness (QED) is 0.850. The van der Waals surface area contributed by atoms with Crippen LogP contribution < -0.4 is 4.74 Å². The lowest BCUT2D eigenvalue weighted by atomic mass is 10.2. The SMILES string of the molecule is CCOc1cc(Cl)cc2sc(O)cc12. The first kappa shape index (κ1) is 9.62. The lowest BCUT2D eigenvalue weighted by Gasteiger charge is -2.04. The summed E-state index contributed by atoms with van der Waals surface area (Å²) in [5.41, 5.74) is 0. The lowest BCUT2D eigenvalue weighted by molar-refractivity contribution is 0.344. The predicted molar refractivity (Wildman–Crippen MR) is 59.7 cm³/mol. The molecule has 2 aromatic rings. The molecule has 1 aromatic heterocycles.